The number of benzene rings is 1. The van der Waals surface area contributed by atoms with E-state index in [1.165, 1.54) is 32.1 Å². The summed E-state index contributed by atoms with van der Waals surface area (Å²) in [4.78, 5) is 12.0. The van der Waals surface area contributed by atoms with Crippen molar-refractivity contribution < 1.29 is 9.53 Å². The highest BCUT2D eigenvalue weighted by molar-refractivity contribution is 5.92. The summed E-state index contributed by atoms with van der Waals surface area (Å²) in [6, 6.07) is 7.89. The van der Waals surface area contributed by atoms with Crippen molar-refractivity contribution in [3.63, 3.8) is 0 Å². The van der Waals surface area contributed by atoms with Crippen LogP contribution in [0.15, 0.2) is 24.3 Å². The second-order valence-corrected chi connectivity index (χ2v) is 5.88. The van der Waals surface area contributed by atoms with E-state index in [0.29, 0.717) is 18.5 Å². The lowest BCUT2D eigenvalue weighted by molar-refractivity contribution is -0.115. The van der Waals surface area contributed by atoms with E-state index < -0.39 is 0 Å². The normalized spacial score (nSPS) is 22.4. The van der Waals surface area contributed by atoms with Crippen LogP contribution in [0.3, 0.4) is 0 Å². The number of hydrogen-bond donors (Lipinski definition) is 2. The average molecular weight is 290 g/mol. The Morgan fingerprint density at radius 1 is 1.29 bits per heavy atom. The van der Waals surface area contributed by atoms with Crippen molar-refractivity contribution in [1.29, 1.82) is 0 Å². The van der Waals surface area contributed by atoms with E-state index in [1.54, 1.807) is 7.11 Å². The predicted octanol–water partition coefficient (Wildman–Crippen LogP) is 3.19. The molecule has 1 amide bonds. The topological polar surface area (TPSA) is 50.4 Å². The molecule has 0 saturated heterocycles. The minimum atomic E-state index is -0.000278. The van der Waals surface area contributed by atoms with Crippen LogP contribution in [0.2, 0.25) is 0 Å². The third-order valence-electron chi connectivity index (χ3n) is 4.24. The molecular weight excluding hydrogens is 264 g/mol. The first-order valence-electron chi connectivity index (χ1n) is 7.86. The third kappa shape index (κ3) is 5.05. The van der Waals surface area contributed by atoms with Crippen LogP contribution in [0.4, 0.5) is 5.69 Å². The van der Waals surface area contributed by atoms with Gasteiger partial charge in [-0.3, -0.25) is 4.79 Å². The first-order chi connectivity index (χ1) is 10.2. The monoisotopic (exact) mass is 290 g/mol. The maximum Gasteiger partial charge on any atom is 0.238 e. The van der Waals surface area contributed by atoms with E-state index >= 15 is 0 Å². The molecule has 2 atom stereocenters. The Hall–Kier alpha value is -1.55. The number of amides is 1. The van der Waals surface area contributed by atoms with Crippen molar-refractivity contribution in [2.75, 3.05) is 19.0 Å². The van der Waals surface area contributed by atoms with Crippen LogP contribution in [0.25, 0.3) is 0 Å². The second kappa shape index (κ2) is 8.03. The Bertz CT molecular complexity index is 462. The molecule has 0 aliphatic heterocycles. The smallest absolute Gasteiger partial charge is 0.238 e. The molecular formula is C17H26N2O2. The molecule has 4 heteroatoms. The van der Waals surface area contributed by atoms with Gasteiger partial charge in [-0.15, -0.1) is 0 Å². The molecule has 0 aromatic heterocycles. The SMILES string of the molecule is COc1cccc(NC(=O)CNC2CCCCCC2C)c1. The Morgan fingerprint density at radius 2 is 2.10 bits per heavy atom. The number of carbonyl (C=O) groups is 1. The molecule has 0 radical (unpaired) electrons. The van der Waals surface area contributed by atoms with E-state index in [4.69, 9.17) is 4.74 Å². The number of ether oxygens (including phenoxy) is 1. The van der Waals surface area contributed by atoms with Crippen LogP contribution in [-0.2, 0) is 4.79 Å². The van der Waals surface area contributed by atoms with Crippen LogP contribution in [0, 0.1) is 5.92 Å². The Kier molecular flexibility index (Phi) is 6.05. The van der Waals surface area contributed by atoms with Crippen molar-refractivity contribution in [2.24, 2.45) is 5.92 Å². The number of nitrogens with one attached hydrogen (secondary N) is 2. The molecule has 21 heavy (non-hydrogen) atoms. The van der Waals surface area contributed by atoms with Crippen LogP contribution in [-0.4, -0.2) is 25.6 Å². The van der Waals surface area contributed by atoms with Crippen LogP contribution >= 0.6 is 0 Å². The van der Waals surface area contributed by atoms with Gasteiger partial charge in [-0.2, -0.15) is 0 Å². The van der Waals surface area contributed by atoms with Gasteiger partial charge in [-0.05, 0) is 30.9 Å². The summed E-state index contributed by atoms with van der Waals surface area (Å²) in [5.74, 6) is 1.40. The Balaban J connectivity index is 1.81. The molecule has 0 spiro atoms. The van der Waals surface area contributed by atoms with E-state index in [1.807, 2.05) is 24.3 Å². The summed E-state index contributed by atoms with van der Waals surface area (Å²) >= 11 is 0. The largest absolute Gasteiger partial charge is 0.497 e. The fraction of sp³-hybridized carbons (Fsp3) is 0.588. The summed E-state index contributed by atoms with van der Waals surface area (Å²) in [6.07, 6.45) is 6.33. The fourth-order valence-corrected chi connectivity index (χ4v) is 2.93. The number of carbonyl (C=O) groups excluding carboxylic acids is 1. The molecule has 1 saturated carbocycles. The van der Waals surface area contributed by atoms with Gasteiger partial charge in [-0.1, -0.05) is 32.3 Å². The van der Waals surface area contributed by atoms with Gasteiger partial charge < -0.3 is 15.4 Å². The summed E-state index contributed by atoms with van der Waals surface area (Å²) in [5.41, 5.74) is 0.773. The predicted molar refractivity (Wildman–Crippen MR) is 85.7 cm³/mol. The molecule has 1 aliphatic carbocycles. The highest BCUT2D eigenvalue weighted by Gasteiger charge is 2.19. The lowest BCUT2D eigenvalue weighted by Gasteiger charge is -2.22. The first kappa shape index (κ1) is 15.8. The lowest BCUT2D eigenvalue weighted by Crippen LogP contribution is -2.39. The highest BCUT2D eigenvalue weighted by atomic mass is 16.5. The summed E-state index contributed by atoms with van der Waals surface area (Å²) in [7, 11) is 1.62. The zero-order chi connectivity index (χ0) is 15.1. The second-order valence-electron chi connectivity index (χ2n) is 5.88. The van der Waals surface area contributed by atoms with Gasteiger partial charge in [0.25, 0.3) is 0 Å². The van der Waals surface area contributed by atoms with Gasteiger partial charge in [0.2, 0.25) is 5.91 Å². The zero-order valence-electron chi connectivity index (χ0n) is 13.0. The van der Waals surface area contributed by atoms with E-state index in [9.17, 15) is 4.79 Å². The van der Waals surface area contributed by atoms with Crippen molar-refractivity contribution in [3.8, 4) is 5.75 Å². The van der Waals surface area contributed by atoms with E-state index in [2.05, 4.69) is 17.6 Å². The van der Waals surface area contributed by atoms with E-state index in [-0.39, 0.29) is 5.91 Å². The zero-order valence-corrected chi connectivity index (χ0v) is 13.0. The number of methoxy groups -OCH3 is 1. The number of anilines is 1. The van der Waals surface area contributed by atoms with Crippen molar-refractivity contribution in [1.82, 2.24) is 5.32 Å². The molecule has 0 bridgehead atoms. The molecule has 116 valence electrons. The number of rotatable bonds is 5. The minimum Gasteiger partial charge on any atom is -0.497 e. The lowest BCUT2D eigenvalue weighted by atomic mass is 9.97. The van der Waals surface area contributed by atoms with Crippen LogP contribution in [0.1, 0.15) is 39.0 Å². The fourth-order valence-electron chi connectivity index (χ4n) is 2.93. The summed E-state index contributed by atoms with van der Waals surface area (Å²) in [5, 5.41) is 6.32. The molecule has 1 aliphatic rings. The van der Waals surface area contributed by atoms with Crippen molar-refractivity contribution in [2.45, 2.75) is 45.1 Å². The molecule has 2 unspecified atom stereocenters. The average Bonchev–Trinajstić information content (AvgIpc) is 2.70. The van der Waals surface area contributed by atoms with Gasteiger partial charge in [0.05, 0.1) is 13.7 Å². The van der Waals surface area contributed by atoms with Crippen LogP contribution in [0.5, 0.6) is 5.75 Å². The molecule has 1 aromatic carbocycles. The molecule has 1 fully saturated rings. The third-order valence-corrected chi connectivity index (χ3v) is 4.24. The Labute approximate surface area is 127 Å². The van der Waals surface area contributed by atoms with Gasteiger partial charge in [0.15, 0.2) is 0 Å². The number of hydrogen-bond acceptors (Lipinski definition) is 3. The highest BCUT2D eigenvalue weighted by Crippen LogP contribution is 2.22. The molecule has 1 aromatic rings. The van der Waals surface area contributed by atoms with Crippen molar-refractivity contribution in [3.05, 3.63) is 24.3 Å². The summed E-state index contributed by atoms with van der Waals surface area (Å²) in [6.45, 7) is 2.65. The Morgan fingerprint density at radius 3 is 2.90 bits per heavy atom. The van der Waals surface area contributed by atoms with E-state index in [0.717, 1.165) is 11.4 Å². The van der Waals surface area contributed by atoms with Gasteiger partial charge in [-0.25, -0.2) is 0 Å². The minimum absolute atomic E-state index is 0.000278. The molecule has 2 N–H and O–H groups in total. The quantitative estimate of drug-likeness (QED) is 0.819. The van der Waals surface area contributed by atoms with Gasteiger partial charge in [0, 0.05) is 17.8 Å². The molecule has 4 nitrogen and oxygen atoms in total. The van der Waals surface area contributed by atoms with Gasteiger partial charge >= 0.3 is 0 Å². The summed E-state index contributed by atoms with van der Waals surface area (Å²) < 4.78 is 5.15. The first-order valence-corrected chi connectivity index (χ1v) is 7.86. The molecule has 0 heterocycles. The van der Waals surface area contributed by atoms with Crippen LogP contribution < -0.4 is 15.4 Å². The van der Waals surface area contributed by atoms with Crippen molar-refractivity contribution >= 4 is 11.6 Å². The molecule has 2 rings (SSSR count). The van der Waals surface area contributed by atoms with Gasteiger partial charge in [0.1, 0.15) is 5.75 Å². The maximum absolute atomic E-state index is 12.0. The maximum atomic E-state index is 12.0. The standard InChI is InChI=1S/C17H26N2O2/c1-13-7-4-3-5-10-16(13)18-12-17(20)19-14-8-6-9-15(11-14)21-2/h6,8-9,11,13,16,18H,3-5,7,10,12H2,1-2H3,(H,19,20).